The first-order valence-corrected chi connectivity index (χ1v) is 8.09. The van der Waals surface area contributed by atoms with Gasteiger partial charge >= 0.3 is 0 Å². The standard InChI is InChI=1S/C16H18Cl2N4/c1-12-2-5-16(20-19-12)22-8-6-21(7-9-22)11-13-3-4-14(17)10-15(13)18/h2-5,10H,6-9,11H2,1H3. The molecule has 0 atom stereocenters. The van der Waals surface area contributed by atoms with Gasteiger partial charge in [-0.15, -0.1) is 5.10 Å². The van der Waals surface area contributed by atoms with Crippen LogP contribution < -0.4 is 4.90 Å². The fraction of sp³-hybridized carbons (Fsp3) is 0.375. The van der Waals surface area contributed by atoms with E-state index in [2.05, 4.69) is 20.0 Å². The molecule has 0 unspecified atom stereocenters. The Kier molecular flexibility index (Phi) is 4.81. The Labute approximate surface area is 140 Å². The van der Waals surface area contributed by atoms with E-state index in [4.69, 9.17) is 23.2 Å². The number of piperazine rings is 1. The Balaban J connectivity index is 1.58. The van der Waals surface area contributed by atoms with Gasteiger partial charge in [-0.25, -0.2) is 0 Å². The van der Waals surface area contributed by atoms with Gasteiger partial charge < -0.3 is 4.90 Å². The summed E-state index contributed by atoms with van der Waals surface area (Å²) in [5.74, 6) is 0.953. The molecular weight excluding hydrogens is 319 g/mol. The van der Waals surface area contributed by atoms with Gasteiger partial charge in [-0.3, -0.25) is 4.90 Å². The maximum atomic E-state index is 6.25. The third-order valence-electron chi connectivity index (χ3n) is 3.89. The highest BCUT2D eigenvalue weighted by molar-refractivity contribution is 6.35. The Bertz CT molecular complexity index is 637. The highest BCUT2D eigenvalue weighted by Gasteiger charge is 2.19. The molecule has 1 fully saturated rings. The molecule has 1 aliphatic rings. The molecule has 0 radical (unpaired) electrons. The van der Waals surface area contributed by atoms with Crippen molar-refractivity contribution in [3.63, 3.8) is 0 Å². The molecule has 0 spiro atoms. The summed E-state index contributed by atoms with van der Waals surface area (Å²) in [5, 5.41) is 9.79. The maximum Gasteiger partial charge on any atom is 0.151 e. The molecular formula is C16H18Cl2N4. The van der Waals surface area contributed by atoms with E-state index >= 15 is 0 Å². The topological polar surface area (TPSA) is 32.3 Å². The predicted molar refractivity (Wildman–Crippen MR) is 90.7 cm³/mol. The molecule has 116 valence electrons. The van der Waals surface area contributed by atoms with Crippen molar-refractivity contribution < 1.29 is 0 Å². The molecule has 1 aromatic heterocycles. The summed E-state index contributed by atoms with van der Waals surface area (Å²) in [6, 6.07) is 9.73. The number of hydrogen-bond acceptors (Lipinski definition) is 4. The van der Waals surface area contributed by atoms with Crippen molar-refractivity contribution in [2.45, 2.75) is 13.5 Å². The van der Waals surface area contributed by atoms with Gasteiger partial charge in [0.25, 0.3) is 0 Å². The monoisotopic (exact) mass is 336 g/mol. The van der Waals surface area contributed by atoms with Crippen molar-refractivity contribution in [3.8, 4) is 0 Å². The van der Waals surface area contributed by atoms with Gasteiger partial charge in [-0.1, -0.05) is 29.3 Å². The number of halogens is 2. The van der Waals surface area contributed by atoms with Gasteiger partial charge in [-0.2, -0.15) is 5.10 Å². The van der Waals surface area contributed by atoms with Crippen molar-refractivity contribution in [1.29, 1.82) is 0 Å². The maximum absolute atomic E-state index is 6.25. The zero-order valence-electron chi connectivity index (χ0n) is 12.5. The molecule has 0 bridgehead atoms. The lowest BCUT2D eigenvalue weighted by atomic mass is 10.2. The van der Waals surface area contributed by atoms with Gasteiger partial charge in [0.1, 0.15) is 0 Å². The first-order chi connectivity index (χ1) is 10.6. The molecule has 2 heterocycles. The van der Waals surface area contributed by atoms with Crippen LogP contribution >= 0.6 is 23.2 Å². The van der Waals surface area contributed by atoms with Gasteiger partial charge in [0.2, 0.25) is 0 Å². The largest absolute Gasteiger partial charge is 0.353 e. The number of aryl methyl sites for hydroxylation is 1. The predicted octanol–water partition coefficient (Wildman–Crippen LogP) is 3.41. The molecule has 1 saturated heterocycles. The molecule has 0 aliphatic carbocycles. The molecule has 0 amide bonds. The first kappa shape index (κ1) is 15.5. The molecule has 4 nitrogen and oxygen atoms in total. The van der Waals surface area contributed by atoms with E-state index in [0.29, 0.717) is 5.02 Å². The van der Waals surface area contributed by atoms with Crippen molar-refractivity contribution in [2.24, 2.45) is 0 Å². The Morgan fingerprint density at radius 2 is 1.77 bits per heavy atom. The molecule has 0 N–H and O–H groups in total. The van der Waals surface area contributed by atoms with Crippen LogP contribution in [0.3, 0.4) is 0 Å². The summed E-state index contributed by atoms with van der Waals surface area (Å²) in [7, 11) is 0. The fourth-order valence-electron chi connectivity index (χ4n) is 2.59. The molecule has 1 aromatic carbocycles. The third kappa shape index (κ3) is 3.69. The number of benzene rings is 1. The average molecular weight is 337 g/mol. The molecule has 2 aromatic rings. The molecule has 1 aliphatic heterocycles. The van der Waals surface area contributed by atoms with E-state index in [9.17, 15) is 0 Å². The number of rotatable bonds is 3. The highest BCUT2D eigenvalue weighted by Crippen LogP contribution is 2.23. The molecule has 0 saturated carbocycles. The normalized spacial score (nSPS) is 16.0. The van der Waals surface area contributed by atoms with Gasteiger partial charge in [0, 0.05) is 42.8 Å². The van der Waals surface area contributed by atoms with Crippen molar-refractivity contribution in [2.75, 3.05) is 31.1 Å². The minimum absolute atomic E-state index is 0.677. The summed E-state index contributed by atoms with van der Waals surface area (Å²) < 4.78 is 0. The summed E-state index contributed by atoms with van der Waals surface area (Å²) >= 11 is 12.2. The Morgan fingerprint density at radius 3 is 2.41 bits per heavy atom. The van der Waals surface area contributed by atoms with E-state index in [0.717, 1.165) is 54.8 Å². The highest BCUT2D eigenvalue weighted by atomic mass is 35.5. The van der Waals surface area contributed by atoms with Crippen LogP contribution in [0.1, 0.15) is 11.3 Å². The third-order valence-corrected chi connectivity index (χ3v) is 4.48. The van der Waals surface area contributed by atoms with Gasteiger partial charge in [0.05, 0.1) is 5.69 Å². The second kappa shape index (κ2) is 6.82. The summed E-state index contributed by atoms with van der Waals surface area (Å²) in [5.41, 5.74) is 2.06. The number of aromatic nitrogens is 2. The summed E-state index contributed by atoms with van der Waals surface area (Å²) in [6.07, 6.45) is 0. The van der Waals surface area contributed by atoms with E-state index < -0.39 is 0 Å². The number of hydrogen-bond donors (Lipinski definition) is 0. The summed E-state index contributed by atoms with van der Waals surface area (Å²) in [4.78, 5) is 4.67. The smallest absolute Gasteiger partial charge is 0.151 e. The first-order valence-electron chi connectivity index (χ1n) is 7.33. The SMILES string of the molecule is Cc1ccc(N2CCN(Cc3ccc(Cl)cc3Cl)CC2)nn1. The van der Waals surface area contributed by atoms with Gasteiger partial charge in [0.15, 0.2) is 5.82 Å². The molecule has 6 heteroatoms. The van der Waals surface area contributed by atoms with Crippen molar-refractivity contribution >= 4 is 29.0 Å². The van der Waals surface area contributed by atoms with E-state index in [1.807, 2.05) is 31.2 Å². The van der Waals surface area contributed by atoms with Crippen molar-refractivity contribution in [1.82, 2.24) is 15.1 Å². The van der Waals surface area contributed by atoms with Crippen LogP contribution in [0.2, 0.25) is 10.0 Å². The zero-order valence-corrected chi connectivity index (χ0v) is 14.0. The molecule has 3 rings (SSSR count). The minimum atomic E-state index is 0.677. The Morgan fingerprint density at radius 1 is 1.00 bits per heavy atom. The van der Waals surface area contributed by atoms with Crippen molar-refractivity contribution in [3.05, 3.63) is 51.6 Å². The van der Waals surface area contributed by atoms with Crippen LogP contribution in [0.5, 0.6) is 0 Å². The number of anilines is 1. The fourth-order valence-corrected chi connectivity index (χ4v) is 3.05. The molecule has 22 heavy (non-hydrogen) atoms. The van der Waals surface area contributed by atoms with Crippen LogP contribution in [0.25, 0.3) is 0 Å². The zero-order chi connectivity index (χ0) is 15.5. The lowest BCUT2D eigenvalue weighted by molar-refractivity contribution is 0.249. The van der Waals surface area contributed by atoms with Gasteiger partial charge in [-0.05, 0) is 36.8 Å². The van der Waals surface area contributed by atoms with E-state index in [-0.39, 0.29) is 0 Å². The lowest BCUT2D eigenvalue weighted by Crippen LogP contribution is -2.46. The van der Waals surface area contributed by atoms with Crippen LogP contribution in [-0.4, -0.2) is 41.3 Å². The lowest BCUT2D eigenvalue weighted by Gasteiger charge is -2.35. The Hall–Kier alpha value is -1.36. The van der Waals surface area contributed by atoms with E-state index in [1.54, 1.807) is 6.07 Å². The minimum Gasteiger partial charge on any atom is -0.353 e. The number of nitrogens with zero attached hydrogens (tertiary/aromatic N) is 4. The quantitative estimate of drug-likeness (QED) is 0.859. The summed E-state index contributed by atoms with van der Waals surface area (Å²) in [6.45, 7) is 6.66. The second-order valence-corrected chi connectivity index (χ2v) is 6.38. The van der Waals surface area contributed by atoms with Crippen LogP contribution in [0.4, 0.5) is 5.82 Å². The second-order valence-electron chi connectivity index (χ2n) is 5.53. The van der Waals surface area contributed by atoms with E-state index in [1.165, 1.54) is 0 Å². The average Bonchev–Trinajstić information content (AvgIpc) is 2.52. The van der Waals surface area contributed by atoms with Crippen LogP contribution in [-0.2, 0) is 6.54 Å². The van der Waals surface area contributed by atoms with Crippen LogP contribution in [0, 0.1) is 6.92 Å². The van der Waals surface area contributed by atoms with Crippen LogP contribution in [0.15, 0.2) is 30.3 Å².